The Balaban J connectivity index is 1.66. The summed E-state index contributed by atoms with van der Waals surface area (Å²) in [5.41, 5.74) is 1.07. The average molecular weight is 439 g/mol. The normalized spacial score (nSPS) is 15.0. The lowest BCUT2D eigenvalue weighted by atomic mass is 10.1. The number of piperazine rings is 1. The molecule has 2 aromatic rings. The van der Waals surface area contributed by atoms with E-state index >= 15 is 0 Å². The number of nitrogens with zero attached hydrogens (tertiary/aromatic N) is 3. The van der Waals surface area contributed by atoms with Crippen molar-refractivity contribution in [2.45, 2.75) is 0 Å². The van der Waals surface area contributed by atoms with Gasteiger partial charge in [0, 0.05) is 44.1 Å². The van der Waals surface area contributed by atoms with Crippen molar-refractivity contribution >= 4 is 40.4 Å². The summed E-state index contributed by atoms with van der Waals surface area (Å²) in [6, 6.07) is 6.13. The van der Waals surface area contributed by atoms with Crippen molar-refractivity contribution < 1.29 is 23.1 Å². The van der Waals surface area contributed by atoms with Gasteiger partial charge in [-0.3, -0.25) is 23.8 Å². The summed E-state index contributed by atoms with van der Waals surface area (Å²) in [7, 11) is 1.41. The van der Waals surface area contributed by atoms with Crippen LogP contribution in [-0.2, 0) is 11.3 Å². The molecule has 11 heteroatoms. The molecule has 2 amide bonds. The van der Waals surface area contributed by atoms with Crippen LogP contribution in [0.25, 0.3) is 0 Å². The predicted molar refractivity (Wildman–Crippen MR) is 108 cm³/mol. The maximum Gasteiger partial charge on any atom is 0.259 e. The third-order valence-corrected chi connectivity index (χ3v) is 5.20. The Hall–Kier alpha value is -2.69. The van der Waals surface area contributed by atoms with E-state index in [1.165, 1.54) is 31.6 Å². The average Bonchev–Trinajstić information content (AvgIpc) is 2.73. The number of benzene rings is 1. The van der Waals surface area contributed by atoms with Gasteiger partial charge >= 0.3 is 0 Å². The van der Waals surface area contributed by atoms with E-state index in [-0.39, 0.29) is 17.6 Å². The van der Waals surface area contributed by atoms with E-state index in [0.717, 1.165) is 0 Å². The van der Waals surface area contributed by atoms with Crippen LogP contribution < -0.4 is 9.46 Å². The number of rotatable bonds is 5. The summed E-state index contributed by atoms with van der Waals surface area (Å²) in [4.78, 5) is 32.6. The molecule has 1 aromatic carbocycles. The standard InChI is InChI=1S/C18H19ClN4O5S/c1-28-16-10-12(2-3-15(16)21-29(26)27)17(24)22-6-8-23(9-7-22)18(25)13-4-5-20-11-14(13)19/h2-5,10-11,21H,6-9H2,1H3,(H,26,27). The molecule has 1 aliphatic rings. The second-order valence-electron chi connectivity index (χ2n) is 6.21. The van der Waals surface area contributed by atoms with Gasteiger partial charge in [0.15, 0.2) is 0 Å². The van der Waals surface area contributed by atoms with Crippen LogP contribution in [0.1, 0.15) is 20.7 Å². The highest BCUT2D eigenvalue weighted by Crippen LogP contribution is 2.27. The Bertz CT molecular complexity index is 950. The van der Waals surface area contributed by atoms with E-state index < -0.39 is 11.3 Å². The van der Waals surface area contributed by atoms with Gasteiger partial charge < -0.3 is 14.5 Å². The van der Waals surface area contributed by atoms with E-state index in [1.54, 1.807) is 21.9 Å². The zero-order chi connectivity index (χ0) is 21.0. The number of ether oxygens (including phenoxy) is 1. The molecule has 1 aromatic heterocycles. The largest absolute Gasteiger partial charge is 0.495 e. The molecular formula is C18H19ClN4O5S. The number of hydrogen-bond acceptors (Lipinski definition) is 5. The Morgan fingerprint density at radius 1 is 1.17 bits per heavy atom. The first-order valence-electron chi connectivity index (χ1n) is 8.64. The lowest BCUT2D eigenvalue weighted by Gasteiger charge is -2.35. The second-order valence-corrected chi connectivity index (χ2v) is 7.32. The summed E-state index contributed by atoms with van der Waals surface area (Å²) in [6.07, 6.45) is 2.93. The van der Waals surface area contributed by atoms with E-state index in [0.29, 0.717) is 48.0 Å². The smallest absolute Gasteiger partial charge is 0.259 e. The zero-order valence-corrected chi connectivity index (χ0v) is 17.1. The molecule has 2 heterocycles. The van der Waals surface area contributed by atoms with Gasteiger partial charge in [-0.2, -0.15) is 0 Å². The summed E-state index contributed by atoms with van der Waals surface area (Å²) >= 11 is 3.79. The van der Waals surface area contributed by atoms with Gasteiger partial charge in [0.05, 0.1) is 23.4 Å². The third kappa shape index (κ3) is 4.84. The summed E-state index contributed by atoms with van der Waals surface area (Å²) in [5, 5.41) is 0.292. The summed E-state index contributed by atoms with van der Waals surface area (Å²) in [5.74, 6) is -0.132. The minimum atomic E-state index is -2.25. The number of pyridine rings is 1. The highest BCUT2D eigenvalue weighted by atomic mass is 35.5. The number of halogens is 1. The second kappa shape index (κ2) is 9.21. The van der Waals surface area contributed by atoms with Gasteiger partial charge in [-0.15, -0.1) is 0 Å². The number of hydrogen-bond donors (Lipinski definition) is 2. The van der Waals surface area contributed by atoms with Gasteiger partial charge in [0.1, 0.15) is 5.75 Å². The topological polar surface area (TPSA) is 112 Å². The molecule has 1 saturated heterocycles. The van der Waals surface area contributed by atoms with E-state index in [1.807, 2.05) is 0 Å². The summed E-state index contributed by atoms with van der Waals surface area (Å²) in [6.45, 7) is 1.50. The lowest BCUT2D eigenvalue weighted by molar-refractivity contribution is 0.0535. The Morgan fingerprint density at radius 2 is 1.83 bits per heavy atom. The van der Waals surface area contributed by atoms with Crippen LogP contribution in [0.3, 0.4) is 0 Å². The van der Waals surface area contributed by atoms with Gasteiger partial charge in [0.25, 0.3) is 23.1 Å². The van der Waals surface area contributed by atoms with E-state index in [9.17, 15) is 13.8 Å². The molecule has 1 aliphatic heterocycles. The molecule has 0 saturated carbocycles. The number of methoxy groups -OCH3 is 1. The van der Waals surface area contributed by atoms with Gasteiger partial charge in [0.2, 0.25) is 0 Å². The van der Waals surface area contributed by atoms with Crippen molar-refractivity contribution in [1.82, 2.24) is 14.8 Å². The fourth-order valence-electron chi connectivity index (χ4n) is 3.02. The van der Waals surface area contributed by atoms with Gasteiger partial charge in [-0.05, 0) is 24.3 Å². The van der Waals surface area contributed by atoms with Crippen LogP contribution in [0.5, 0.6) is 5.75 Å². The highest BCUT2D eigenvalue weighted by molar-refractivity contribution is 7.80. The molecule has 3 rings (SSSR count). The molecule has 1 unspecified atom stereocenters. The number of carbonyl (C=O) groups is 2. The van der Waals surface area contributed by atoms with Crippen molar-refractivity contribution in [3.8, 4) is 5.75 Å². The van der Waals surface area contributed by atoms with Crippen LogP contribution in [0.4, 0.5) is 5.69 Å². The molecular weight excluding hydrogens is 420 g/mol. The van der Waals surface area contributed by atoms with Crippen molar-refractivity contribution in [3.05, 3.63) is 52.8 Å². The van der Waals surface area contributed by atoms with Crippen molar-refractivity contribution in [3.63, 3.8) is 0 Å². The van der Waals surface area contributed by atoms with E-state index in [4.69, 9.17) is 20.9 Å². The van der Waals surface area contributed by atoms with Crippen LogP contribution in [-0.4, -0.2) is 68.6 Å². The minimum absolute atomic E-state index is 0.196. The maximum absolute atomic E-state index is 12.8. The van der Waals surface area contributed by atoms with Gasteiger partial charge in [-0.1, -0.05) is 11.6 Å². The number of carbonyl (C=O) groups excluding carboxylic acids is 2. The van der Waals surface area contributed by atoms with Crippen molar-refractivity contribution in [1.29, 1.82) is 0 Å². The third-order valence-electron chi connectivity index (χ3n) is 4.50. The fourth-order valence-corrected chi connectivity index (χ4v) is 3.57. The van der Waals surface area contributed by atoms with Crippen LogP contribution in [0.2, 0.25) is 5.02 Å². The minimum Gasteiger partial charge on any atom is -0.495 e. The first-order chi connectivity index (χ1) is 13.9. The number of nitrogens with one attached hydrogen (secondary N) is 1. The Labute approximate surface area is 175 Å². The maximum atomic E-state index is 12.8. The van der Waals surface area contributed by atoms with Crippen LogP contribution in [0, 0.1) is 0 Å². The quantitative estimate of drug-likeness (QED) is 0.689. The van der Waals surface area contributed by atoms with Gasteiger partial charge in [-0.25, -0.2) is 4.21 Å². The molecule has 0 bridgehead atoms. The Kier molecular flexibility index (Phi) is 6.68. The number of aromatic nitrogens is 1. The summed E-state index contributed by atoms with van der Waals surface area (Å²) < 4.78 is 27.4. The lowest BCUT2D eigenvalue weighted by Crippen LogP contribution is -2.50. The molecule has 1 atom stereocenters. The monoisotopic (exact) mass is 438 g/mol. The molecule has 0 aliphatic carbocycles. The first kappa shape index (κ1) is 21.0. The molecule has 2 N–H and O–H groups in total. The zero-order valence-electron chi connectivity index (χ0n) is 15.5. The first-order valence-corrected chi connectivity index (χ1v) is 10.1. The Morgan fingerprint density at radius 3 is 2.41 bits per heavy atom. The van der Waals surface area contributed by atoms with E-state index in [2.05, 4.69) is 9.71 Å². The molecule has 29 heavy (non-hydrogen) atoms. The van der Waals surface area contributed by atoms with Crippen LogP contribution >= 0.6 is 11.6 Å². The predicted octanol–water partition coefficient (Wildman–Crippen LogP) is 1.89. The number of amides is 2. The molecule has 1 fully saturated rings. The highest BCUT2D eigenvalue weighted by Gasteiger charge is 2.27. The fraction of sp³-hybridized carbons (Fsp3) is 0.278. The molecule has 9 nitrogen and oxygen atoms in total. The molecule has 154 valence electrons. The molecule has 0 spiro atoms. The van der Waals surface area contributed by atoms with Crippen LogP contribution in [0.15, 0.2) is 36.7 Å². The molecule has 0 radical (unpaired) electrons. The van der Waals surface area contributed by atoms with Crippen molar-refractivity contribution in [2.24, 2.45) is 0 Å². The van der Waals surface area contributed by atoms with Crippen molar-refractivity contribution in [2.75, 3.05) is 38.0 Å². The number of anilines is 1. The SMILES string of the molecule is COc1cc(C(=O)N2CCN(C(=O)c3ccncc3Cl)CC2)ccc1NS(=O)O.